The number of ether oxygens (including phenoxy) is 1. The van der Waals surface area contributed by atoms with Gasteiger partial charge in [0.15, 0.2) is 0 Å². The number of nitrogens with zero attached hydrogens (tertiary/aromatic N) is 2. The van der Waals surface area contributed by atoms with Gasteiger partial charge < -0.3 is 9.64 Å². The van der Waals surface area contributed by atoms with Gasteiger partial charge in [-0.05, 0) is 25.7 Å². The molecule has 0 bridgehead atoms. The van der Waals surface area contributed by atoms with Crippen LogP contribution in [0.3, 0.4) is 0 Å². The summed E-state index contributed by atoms with van der Waals surface area (Å²) in [5, 5.41) is 8.66. The Kier molecular flexibility index (Phi) is 6.01. The monoisotopic (exact) mass is 268 g/mol. The molecular formula is C14H24N2O3. The fourth-order valence-electron chi connectivity index (χ4n) is 1.69. The molecule has 5 heteroatoms. The van der Waals surface area contributed by atoms with Crippen molar-refractivity contribution in [3.8, 4) is 6.07 Å². The van der Waals surface area contributed by atoms with Gasteiger partial charge in [0.25, 0.3) is 0 Å². The summed E-state index contributed by atoms with van der Waals surface area (Å²) >= 11 is 0. The van der Waals surface area contributed by atoms with E-state index < -0.39 is 11.5 Å². The fraction of sp³-hybridized carbons (Fsp3) is 0.786. The molecule has 0 fully saturated rings. The molecule has 1 amide bonds. The Labute approximate surface area is 115 Å². The first-order valence-corrected chi connectivity index (χ1v) is 6.32. The number of amides is 1. The van der Waals surface area contributed by atoms with Gasteiger partial charge in [0, 0.05) is 6.54 Å². The lowest BCUT2D eigenvalue weighted by molar-refractivity contribution is -0.159. The second-order valence-electron chi connectivity index (χ2n) is 6.24. The van der Waals surface area contributed by atoms with Gasteiger partial charge in [-0.1, -0.05) is 20.8 Å². The standard InChI is InChI=1S/C14H24N2O3/c1-13(2,3)8-10-16(11(17)7-9-15)14(4,5)12(18)19-6/h7-8,10H2,1-6H3. The van der Waals surface area contributed by atoms with Crippen molar-refractivity contribution in [2.75, 3.05) is 13.7 Å². The summed E-state index contributed by atoms with van der Waals surface area (Å²) in [7, 11) is 1.29. The summed E-state index contributed by atoms with van der Waals surface area (Å²) in [4.78, 5) is 25.3. The van der Waals surface area contributed by atoms with Gasteiger partial charge >= 0.3 is 5.97 Å². The molecule has 0 unspecified atom stereocenters. The zero-order valence-electron chi connectivity index (χ0n) is 12.7. The van der Waals surface area contributed by atoms with E-state index in [4.69, 9.17) is 10.00 Å². The fourth-order valence-corrected chi connectivity index (χ4v) is 1.69. The first-order valence-electron chi connectivity index (χ1n) is 6.32. The third-order valence-corrected chi connectivity index (χ3v) is 2.98. The summed E-state index contributed by atoms with van der Waals surface area (Å²) in [5.41, 5.74) is -1.02. The number of carbonyl (C=O) groups is 2. The van der Waals surface area contributed by atoms with Gasteiger partial charge in [-0.2, -0.15) is 5.26 Å². The average Bonchev–Trinajstić information content (AvgIpc) is 2.26. The predicted molar refractivity (Wildman–Crippen MR) is 72.1 cm³/mol. The number of hydrogen-bond donors (Lipinski definition) is 0. The number of methoxy groups -OCH3 is 1. The van der Waals surface area contributed by atoms with Crippen molar-refractivity contribution < 1.29 is 14.3 Å². The molecule has 19 heavy (non-hydrogen) atoms. The molecule has 0 aromatic heterocycles. The third kappa shape index (κ3) is 5.29. The molecule has 0 saturated carbocycles. The lowest BCUT2D eigenvalue weighted by atomic mass is 9.90. The van der Waals surface area contributed by atoms with Crippen LogP contribution in [0.4, 0.5) is 0 Å². The van der Waals surface area contributed by atoms with Crippen molar-refractivity contribution in [2.24, 2.45) is 5.41 Å². The Hall–Kier alpha value is -1.57. The lowest BCUT2D eigenvalue weighted by Crippen LogP contribution is -2.54. The maximum Gasteiger partial charge on any atom is 0.331 e. The maximum absolute atomic E-state index is 12.0. The van der Waals surface area contributed by atoms with Crippen molar-refractivity contribution in [1.82, 2.24) is 4.90 Å². The van der Waals surface area contributed by atoms with Crippen LogP contribution in [0.2, 0.25) is 0 Å². The quantitative estimate of drug-likeness (QED) is 0.716. The Morgan fingerprint density at radius 1 is 1.21 bits per heavy atom. The Morgan fingerprint density at radius 3 is 2.11 bits per heavy atom. The molecule has 5 nitrogen and oxygen atoms in total. The van der Waals surface area contributed by atoms with Crippen LogP contribution < -0.4 is 0 Å². The summed E-state index contributed by atoms with van der Waals surface area (Å²) in [6.07, 6.45) is 0.509. The van der Waals surface area contributed by atoms with Crippen molar-refractivity contribution in [1.29, 1.82) is 5.26 Å². The molecule has 0 saturated heterocycles. The van der Waals surface area contributed by atoms with Gasteiger partial charge in [-0.15, -0.1) is 0 Å². The van der Waals surface area contributed by atoms with Gasteiger partial charge in [0.05, 0.1) is 13.2 Å². The molecule has 0 aliphatic heterocycles. The Balaban J connectivity index is 5.12. The van der Waals surface area contributed by atoms with Crippen molar-refractivity contribution >= 4 is 11.9 Å². The first kappa shape index (κ1) is 17.4. The third-order valence-electron chi connectivity index (χ3n) is 2.98. The van der Waals surface area contributed by atoms with Gasteiger partial charge in [0.2, 0.25) is 5.91 Å². The average molecular weight is 268 g/mol. The van der Waals surface area contributed by atoms with Gasteiger partial charge in [-0.3, -0.25) is 4.79 Å². The van der Waals surface area contributed by atoms with E-state index in [1.54, 1.807) is 13.8 Å². The normalized spacial score (nSPS) is 11.6. The molecule has 0 rings (SSSR count). The van der Waals surface area contributed by atoms with Gasteiger partial charge in [0.1, 0.15) is 12.0 Å². The molecule has 0 aliphatic carbocycles. The van der Waals surface area contributed by atoms with E-state index >= 15 is 0 Å². The summed E-state index contributed by atoms with van der Waals surface area (Å²) in [6, 6.07) is 1.83. The smallest absolute Gasteiger partial charge is 0.331 e. The van der Waals surface area contributed by atoms with Crippen LogP contribution in [-0.4, -0.2) is 36.0 Å². The summed E-state index contributed by atoms with van der Waals surface area (Å²) in [5.74, 6) is -0.824. The number of nitriles is 1. The van der Waals surface area contributed by atoms with E-state index in [0.717, 1.165) is 6.42 Å². The molecule has 0 heterocycles. The second-order valence-corrected chi connectivity index (χ2v) is 6.24. The first-order chi connectivity index (χ1) is 8.56. The van der Waals surface area contributed by atoms with Crippen LogP contribution in [-0.2, 0) is 14.3 Å². The van der Waals surface area contributed by atoms with Crippen molar-refractivity contribution in [3.05, 3.63) is 0 Å². The molecule has 0 aliphatic rings. The van der Waals surface area contributed by atoms with Crippen LogP contribution in [0.1, 0.15) is 47.5 Å². The van der Waals surface area contributed by atoms with E-state index in [-0.39, 0.29) is 17.7 Å². The molecule has 0 aromatic rings. The van der Waals surface area contributed by atoms with Crippen LogP contribution in [0.5, 0.6) is 0 Å². The molecule has 108 valence electrons. The van der Waals surface area contributed by atoms with Crippen molar-refractivity contribution in [3.63, 3.8) is 0 Å². The zero-order valence-corrected chi connectivity index (χ0v) is 12.7. The highest BCUT2D eigenvalue weighted by atomic mass is 16.5. The molecule has 0 aromatic carbocycles. The van der Waals surface area contributed by atoms with Crippen LogP contribution in [0, 0.1) is 16.7 Å². The molecule has 0 radical (unpaired) electrons. The minimum Gasteiger partial charge on any atom is -0.467 e. The largest absolute Gasteiger partial charge is 0.467 e. The minimum atomic E-state index is -1.06. The Bertz CT molecular complexity index is 375. The number of esters is 1. The molecule has 0 atom stereocenters. The highest BCUT2D eigenvalue weighted by Crippen LogP contribution is 2.24. The number of rotatable bonds is 5. The summed E-state index contributed by atoms with van der Waals surface area (Å²) in [6.45, 7) is 9.88. The van der Waals surface area contributed by atoms with E-state index in [0.29, 0.717) is 6.54 Å². The predicted octanol–water partition coefficient (Wildman–Crippen LogP) is 2.12. The highest BCUT2D eigenvalue weighted by Gasteiger charge is 2.38. The topological polar surface area (TPSA) is 70.4 Å². The van der Waals surface area contributed by atoms with Crippen LogP contribution in [0.15, 0.2) is 0 Å². The van der Waals surface area contributed by atoms with Crippen LogP contribution in [0.25, 0.3) is 0 Å². The molecule has 0 N–H and O–H groups in total. The molecule has 0 spiro atoms. The second kappa shape index (κ2) is 6.55. The lowest BCUT2D eigenvalue weighted by Gasteiger charge is -2.37. The van der Waals surface area contributed by atoms with E-state index in [9.17, 15) is 9.59 Å². The van der Waals surface area contributed by atoms with Crippen LogP contribution >= 0.6 is 0 Å². The Morgan fingerprint density at radius 2 is 1.74 bits per heavy atom. The van der Waals surface area contributed by atoms with E-state index in [1.165, 1.54) is 12.0 Å². The van der Waals surface area contributed by atoms with Crippen molar-refractivity contribution in [2.45, 2.75) is 53.0 Å². The zero-order chi connectivity index (χ0) is 15.3. The summed E-state index contributed by atoms with van der Waals surface area (Å²) < 4.78 is 4.74. The van der Waals surface area contributed by atoms with E-state index in [1.807, 2.05) is 6.07 Å². The molecular weight excluding hydrogens is 244 g/mol. The minimum absolute atomic E-state index is 0.0391. The SMILES string of the molecule is COC(=O)C(C)(C)N(CCC(C)(C)C)C(=O)CC#N. The van der Waals surface area contributed by atoms with E-state index in [2.05, 4.69) is 20.8 Å². The van der Waals surface area contributed by atoms with Gasteiger partial charge in [-0.25, -0.2) is 4.79 Å². The highest BCUT2D eigenvalue weighted by molar-refractivity contribution is 5.88. The number of carbonyl (C=O) groups excluding carboxylic acids is 2. The maximum atomic E-state index is 12.0. The number of hydrogen-bond acceptors (Lipinski definition) is 4.